The standard InChI is InChI=1S/C14H21N3O/c1-11(7-6-10-15)14-16-13(17-18-14)12-8-4-2-3-5-9-12/h11-12H,2-9H2,1H3. The van der Waals surface area contributed by atoms with Gasteiger partial charge in [-0.1, -0.05) is 37.8 Å². The molecule has 0 bridgehead atoms. The molecule has 0 saturated heterocycles. The average molecular weight is 247 g/mol. The van der Waals surface area contributed by atoms with Crippen molar-refractivity contribution in [2.75, 3.05) is 0 Å². The van der Waals surface area contributed by atoms with Gasteiger partial charge in [0.05, 0.1) is 6.07 Å². The predicted octanol–water partition coefficient (Wildman–Crippen LogP) is 3.91. The summed E-state index contributed by atoms with van der Waals surface area (Å²) in [7, 11) is 0. The topological polar surface area (TPSA) is 62.7 Å². The first kappa shape index (κ1) is 13.1. The van der Waals surface area contributed by atoms with Crippen molar-refractivity contribution >= 4 is 0 Å². The summed E-state index contributed by atoms with van der Waals surface area (Å²) in [6.07, 6.45) is 8.93. The highest BCUT2D eigenvalue weighted by Gasteiger charge is 2.21. The lowest BCUT2D eigenvalue weighted by Crippen LogP contribution is -2.00. The lowest BCUT2D eigenvalue weighted by atomic mass is 10.00. The van der Waals surface area contributed by atoms with Crippen molar-refractivity contribution in [1.29, 1.82) is 5.26 Å². The summed E-state index contributed by atoms with van der Waals surface area (Å²) < 4.78 is 5.35. The number of aromatic nitrogens is 2. The monoisotopic (exact) mass is 247 g/mol. The predicted molar refractivity (Wildman–Crippen MR) is 68.0 cm³/mol. The lowest BCUT2D eigenvalue weighted by molar-refractivity contribution is 0.346. The second kappa shape index (κ2) is 6.53. The first-order valence-corrected chi connectivity index (χ1v) is 7.01. The minimum atomic E-state index is 0.191. The van der Waals surface area contributed by atoms with Gasteiger partial charge in [-0.2, -0.15) is 10.2 Å². The van der Waals surface area contributed by atoms with Crippen molar-refractivity contribution in [1.82, 2.24) is 10.1 Å². The van der Waals surface area contributed by atoms with E-state index >= 15 is 0 Å². The van der Waals surface area contributed by atoms with Gasteiger partial charge in [0.2, 0.25) is 5.89 Å². The van der Waals surface area contributed by atoms with E-state index < -0.39 is 0 Å². The average Bonchev–Trinajstić information content (AvgIpc) is 2.72. The summed E-state index contributed by atoms with van der Waals surface area (Å²) in [4.78, 5) is 4.54. The molecule has 1 aliphatic carbocycles. The summed E-state index contributed by atoms with van der Waals surface area (Å²) >= 11 is 0. The van der Waals surface area contributed by atoms with E-state index in [9.17, 15) is 0 Å². The SMILES string of the molecule is CC(CCC#N)c1nc(C2CCCCCC2)no1. The zero-order chi connectivity index (χ0) is 12.8. The third-order valence-corrected chi connectivity index (χ3v) is 3.79. The minimum absolute atomic E-state index is 0.191. The number of rotatable bonds is 4. The Morgan fingerprint density at radius 2 is 2.06 bits per heavy atom. The van der Waals surface area contributed by atoms with Gasteiger partial charge in [0.25, 0.3) is 0 Å². The lowest BCUT2D eigenvalue weighted by Gasteiger charge is -2.07. The smallest absolute Gasteiger partial charge is 0.229 e. The van der Waals surface area contributed by atoms with E-state index in [-0.39, 0.29) is 5.92 Å². The van der Waals surface area contributed by atoms with Crippen LogP contribution in [0, 0.1) is 11.3 Å². The quantitative estimate of drug-likeness (QED) is 0.756. The third-order valence-electron chi connectivity index (χ3n) is 3.79. The van der Waals surface area contributed by atoms with E-state index in [4.69, 9.17) is 9.78 Å². The van der Waals surface area contributed by atoms with E-state index in [2.05, 4.69) is 16.2 Å². The fourth-order valence-corrected chi connectivity index (χ4v) is 2.56. The number of hydrogen-bond donors (Lipinski definition) is 0. The molecular weight excluding hydrogens is 226 g/mol. The van der Waals surface area contributed by atoms with Crippen LogP contribution >= 0.6 is 0 Å². The van der Waals surface area contributed by atoms with Crippen molar-refractivity contribution < 1.29 is 4.52 Å². The zero-order valence-corrected chi connectivity index (χ0v) is 11.1. The molecule has 1 atom stereocenters. The minimum Gasteiger partial charge on any atom is -0.339 e. The molecule has 1 aliphatic rings. The van der Waals surface area contributed by atoms with Gasteiger partial charge in [-0.25, -0.2) is 0 Å². The zero-order valence-electron chi connectivity index (χ0n) is 11.1. The highest BCUT2D eigenvalue weighted by atomic mass is 16.5. The molecule has 4 heteroatoms. The first-order chi connectivity index (χ1) is 8.81. The van der Waals surface area contributed by atoms with Crippen molar-refractivity contribution in [2.24, 2.45) is 0 Å². The Balaban J connectivity index is 1.98. The Kier molecular flexibility index (Phi) is 4.74. The summed E-state index contributed by atoms with van der Waals surface area (Å²) in [6.45, 7) is 2.04. The molecule has 18 heavy (non-hydrogen) atoms. The van der Waals surface area contributed by atoms with Crippen LogP contribution in [0.3, 0.4) is 0 Å². The molecule has 1 saturated carbocycles. The van der Waals surface area contributed by atoms with Gasteiger partial charge in [0, 0.05) is 18.3 Å². The first-order valence-electron chi connectivity index (χ1n) is 7.01. The van der Waals surface area contributed by atoms with Crippen LogP contribution < -0.4 is 0 Å². The van der Waals surface area contributed by atoms with E-state index in [1.54, 1.807) is 0 Å². The van der Waals surface area contributed by atoms with Crippen molar-refractivity contribution in [2.45, 2.75) is 70.1 Å². The van der Waals surface area contributed by atoms with Crippen LogP contribution in [0.25, 0.3) is 0 Å². The maximum absolute atomic E-state index is 8.59. The highest BCUT2D eigenvalue weighted by Crippen LogP contribution is 2.30. The van der Waals surface area contributed by atoms with E-state index in [0.717, 1.165) is 12.2 Å². The van der Waals surface area contributed by atoms with Crippen LogP contribution in [0.2, 0.25) is 0 Å². The maximum atomic E-state index is 8.59. The molecule has 0 aliphatic heterocycles. The summed E-state index contributed by atoms with van der Waals surface area (Å²) in [6, 6.07) is 2.16. The largest absolute Gasteiger partial charge is 0.339 e. The second-order valence-corrected chi connectivity index (χ2v) is 5.28. The molecule has 2 rings (SSSR count). The van der Waals surface area contributed by atoms with Crippen molar-refractivity contribution in [3.05, 3.63) is 11.7 Å². The van der Waals surface area contributed by atoms with Crippen LogP contribution in [0.15, 0.2) is 4.52 Å². The Morgan fingerprint density at radius 1 is 1.33 bits per heavy atom. The summed E-state index contributed by atoms with van der Waals surface area (Å²) in [5.74, 6) is 2.25. The Morgan fingerprint density at radius 3 is 2.72 bits per heavy atom. The molecule has 0 amide bonds. The fourth-order valence-electron chi connectivity index (χ4n) is 2.56. The van der Waals surface area contributed by atoms with Crippen LogP contribution in [-0.2, 0) is 0 Å². The molecule has 0 aromatic carbocycles. The molecule has 0 N–H and O–H groups in total. The van der Waals surface area contributed by atoms with E-state index in [0.29, 0.717) is 18.2 Å². The fraction of sp³-hybridized carbons (Fsp3) is 0.786. The van der Waals surface area contributed by atoms with E-state index in [1.165, 1.54) is 38.5 Å². The van der Waals surface area contributed by atoms with Crippen LogP contribution in [0.1, 0.15) is 81.8 Å². The Labute approximate surface area is 108 Å². The summed E-state index contributed by atoms with van der Waals surface area (Å²) in [5, 5.41) is 12.7. The Hall–Kier alpha value is -1.37. The molecule has 98 valence electrons. The van der Waals surface area contributed by atoms with Gasteiger partial charge in [0.15, 0.2) is 5.82 Å². The molecule has 1 aromatic heterocycles. The van der Waals surface area contributed by atoms with Crippen LogP contribution in [0.4, 0.5) is 0 Å². The summed E-state index contributed by atoms with van der Waals surface area (Å²) in [5.41, 5.74) is 0. The van der Waals surface area contributed by atoms with Gasteiger partial charge in [-0.15, -0.1) is 0 Å². The molecule has 0 radical (unpaired) electrons. The highest BCUT2D eigenvalue weighted by molar-refractivity contribution is 4.99. The maximum Gasteiger partial charge on any atom is 0.229 e. The van der Waals surface area contributed by atoms with Crippen molar-refractivity contribution in [3.63, 3.8) is 0 Å². The van der Waals surface area contributed by atoms with Gasteiger partial charge in [-0.3, -0.25) is 0 Å². The molecule has 1 heterocycles. The molecule has 1 fully saturated rings. The third kappa shape index (κ3) is 3.32. The molecule has 1 aromatic rings. The number of nitrogens with zero attached hydrogens (tertiary/aromatic N) is 3. The molecule has 0 spiro atoms. The normalized spacial score (nSPS) is 19.1. The van der Waals surface area contributed by atoms with E-state index in [1.807, 2.05) is 6.92 Å². The molecule has 4 nitrogen and oxygen atoms in total. The van der Waals surface area contributed by atoms with Crippen molar-refractivity contribution in [3.8, 4) is 6.07 Å². The number of nitriles is 1. The second-order valence-electron chi connectivity index (χ2n) is 5.28. The Bertz CT molecular complexity index is 399. The molecule has 1 unspecified atom stereocenters. The molecular formula is C14H21N3O. The number of hydrogen-bond acceptors (Lipinski definition) is 4. The van der Waals surface area contributed by atoms with Gasteiger partial charge in [-0.05, 0) is 19.3 Å². The van der Waals surface area contributed by atoms with Gasteiger partial charge < -0.3 is 4.52 Å². The van der Waals surface area contributed by atoms with Crippen LogP contribution in [-0.4, -0.2) is 10.1 Å². The van der Waals surface area contributed by atoms with Gasteiger partial charge in [0.1, 0.15) is 0 Å². The van der Waals surface area contributed by atoms with Crippen LogP contribution in [0.5, 0.6) is 0 Å². The van der Waals surface area contributed by atoms with Gasteiger partial charge >= 0.3 is 0 Å².